The van der Waals surface area contributed by atoms with Crippen LogP contribution >= 0.6 is 0 Å². The van der Waals surface area contributed by atoms with Crippen LogP contribution in [-0.4, -0.2) is 0 Å². The van der Waals surface area contributed by atoms with Crippen molar-refractivity contribution in [2.24, 2.45) is 0 Å². The molecule has 0 heterocycles. The van der Waals surface area contributed by atoms with E-state index in [9.17, 15) is 0 Å². The van der Waals surface area contributed by atoms with Gasteiger partial charge in [0.05, 0.1) is 0 Å². The standard InChI is InChI=1S/C17H14I/c1-13-9-11-15(12-10-13)18-17-8-4-6-14-5-2-3-7-16(14)17/h2-12H,1H3/q-1. The molecule has 90 valence electrons. The molecule has 0 N–H and O–H groups in total. The molecule has 3 rings (SSSR count). The van der Waals surface area contributed by atoms with Crippen LogP contribution in [0.25, 0.3) is 10.8 Å². The zero-order valence-corrected chi connectivity index (χ0v) is 12.4. The summed E-state index contributed by atoms with van der Waals surface area (Å²) < 4.78 is 2.99. The van der Waals surface area contributed by atoms with Gasteiger partial charge in [-0.3, -0.25) is 0 Å². The Kier molecular flexibility index (Phi) is 3.33. The van der Waals surface area contributed by atoms with Crippen molar-refractivity contribution >= 4 is 10.8 Å². The van der Waals surface area contributed by atoms with Gasteiger partial charge >= 0.3 is 118 Å². The monoisotopic (exact) mass is 345 g/mol. The molecule has 0 spiro atoms. The minimum atomic E-state index is -0.0863. The molecule has 0 aliphatic heterocycles. The van der Waals surface area contributed by atoms with Crippen LogP contribution in [0.15, 0.2) is 66.7 Å². The molecule has 0 fully saturated rings. The first kappa shape index (κ1) is 11.7. The van der Waals surface area contributed by atoms with Gasteiger partial charge in [0.1, 0.15) is 0 Å². The van der Waals surface area contributed by atoms with E-state index < -0.39 is 0 Å². The first-order valence-electron chi connectivity index (χ1n) is 6.02. The summed E-state index contributed by atoms with van der Waals surface area (Å²) in [4.78, 5) is 0. The second-order valence-electron chi connectivity index (χ2n) is 4.35. The van der Waals surface area contributed by atoms with E-state index in [2.05, 4.69) is 73.7 Å². The van der Waals surface area contributed by atoms with E-state index in [1.807, 2.05) is 0 Å². The van der Waals surface area contributed by atoms with Crippen LogP contribution in [-0.2, 0) is 0 Å². The summed E-state index contributed by atoms with van der Waals surface area (Å²) in [5, 5.41) is 2.76. The van der Waals surface area contributed by atoms with Crippen LogP contribution < -0.4 is 21.2 Å². The van der Waals surface area contributed by atoms with Crippen LogP contribution in [0.3, 0.4) is 0 Å². The maximum absolute atomic E-state index is 2.27. The molecule has 1 heteroatoms. The van der Waals surface area contributed by atoms with E-state index in [0.29, 0.717) is 0 Å². The van der Waals surface area contributed by atoms with Gasteiger partial charge in [0.25, 0.3) is 0 Å². The van der Waals surface area contributed by atoms with E-state index in [0.717, 1.165) is 0 Å². The average molecular weight is 345 g/mol. The molecule has 3 aromatic carbocycles. The molecule has 0 nitrogen and oxygen atoms in total. The number of fused-ring (bicyclic) bond motifs is 1. The predicted octanol–water partition coefficient (Wildman–Crippen LogP) is 1.28. The third kappa shape index (κ3) is 2.41. The van der Waals surface area contributed by atoms with Gasteiger partial charge in [-0.05, 0) is 0 Å². The molecular weight excluding hydrogens is 331 g/mol. The van der Waals surface area contributed by atoms with E-state index in [1.165, 1.54) is 23.5 Å². The molecule has 0 unspecified atom stereocenters. The van der Waals surface area contributed by atoms with Crippen LogP contribution in [0, 0.1) is 14.1 Å². The van der Waals surface area contributed by atoms with E-state index in [-0.39, 0.29) is 21.2 Å². The van der Waals surface area contributed by atoms with E-state index in [1.54, 1.807) is 0 Å². The summed E-state index contributed by atoms with van der Waals surface area (Å²) in [5.41, 5.74) is 1.33. The van der Waals surface area contributed by atoms with Gasteiger partial charge in [-0.2, -0.15) is 0 Å². The predicted molar refractivity (Wildman–Crippen MR) is 72.5 cm³/mol. The topological polar surface area (TPSA) is 0 Å². The summed E-state index contributed by atoms with van der Waals surface area (Å²) in [6, 6.07) is 24.3. The van der Waals surface area contributed by atoms with Crippen molar-refractivity contribution in [3.8, 4) is 0 Å². The molecule has 0 atom stereocenters. The molecule has 18 heavy (non-hydrogen) atoms. The summed E-state index contributed by atoms with van der Waals surface area (Å²) in [6.07, 6.45) is 0. The number of hydrogen-bond donors (Lipinski definition) is 0. The Balaban J connectivity index is 2.02. The fraction of sp³-hybridized carbons (Fsp3) is 0.0588. The Hall–Kier alpha value is -1.35. The van der Waals surface area contributed by atoms with Crippen LogP contribution in [0.2, 0.25) is 0 Å². The van der Waals surface area contributed by atoms with Crippen LogP contribution in [0.4, 0.5) is 0 Å². The number of benzene rings is 3. The third-order valence-electron chi connectivity index (χ3n) is 2.96. The molecule has 3 aromatic rings. The Morgan fingerprint density at radius 1 is 0.722 bits per heavy atom. The molecular formula is C17H14I-. The molecule has 0 aromatic heterocycles. The van der Waals surface area contributed by atoms with Crippen molar-refractivity contribution in [3.63, 3.8) is 0 Å². The van der Waals surface area contributed by atoms with Gasteiger partial charge in [-0.25, -0.2) is 0 Å². The SMILES string of the molecule is Cc1ccc([I-]c2cccc3ccccc23)cc1. The second-order valence-corrected chi connectivity index (χ2v) is 7.30. The number of hydrogen-bond acceptors (Lipinski definition) is 0. The second kappa shape index (κ2) is 5.11. The van der Waals surface area contributed by atoms with Gasteiger partial charge in [-0.15, -0.1) is 0 Å². The van der Waals surface area contributed by atoms with Crippen molar-refractivity contribution in [2.45, 2.75) is 6.92 Å². The van der Waals surface area contributed by atoms with Crippen molar-refractivity contribution in [1.29, 1.82) is 0 Å². The fourth-order valence-corrected chi connectivity index (χ4v) is 4.54. The van der Waals surface area contributed by atoms with Gasteiger partial charge < -0.3 is 0 Å². The molecule has 0 saturated heterocycles. The zero-order valence-electron chi connectivity index (χ0n) is 10.2. The van der Waals surface area contributed by atoms with E-state index >= 15 is 0 Å². The minimum absolute atomic E-state index is 0.0863. The molecule has 0 aliphatic carbocycles. The van der Waals surface area contributed by atoms with Gasteiger partial charge in [-0.1, -0.05) is 0 Å². The molecule has 0 bridgehead atoms. The van der Waals surface area contributed by atoms with Crippen molar-refractivity contribution in [3.05, 3.63) is 79.4 Å². The maximum atomic E-state index is 2.27. The van der Waals surface area contributed by atoms with Gasteiger partial charge in [0, 0.05) is 0 Å². The zero-order chi connectivity index (χ0) is 12.4. The van der Waals surface area contributed by atoms with Crippen LogP contribution in [0.5, 0.6) is 0 Å². The normalized spacial score (nSPS) is 10.9. The summed E-state index contributed by atoms with van der Waals surface area (Å²) >= 11 is -0.0863. The van der Waals surface area contributed by atoms with Crippen molar-refractivity contribution < 1.29 is 21.2 Å². The van der Waals surface area contributed by atoms with Crippen LogP contribution in [0.1, 0.15) is 5.56 Å². The molecule has 0 aliphatic rings. The average Bonchev–Trinajstić information content (AvgIpc) is 2.42. The quantitative estimate of drug-likeness (QED) is 0.614. The molecule has 0 saturated carbocycles. The summed E-state index contributed by atoms with van der Waals surface area (Å²) in [5.74, 6) is 0. The van der Waals surface area contributed by atoms with Gasteiger partial charge in [0.2, 0.25) is 0 Å². The Bertz CT molecular complexity index is 663. The number of halogens is 1. The number of rotatable bonds is 2. The summed E-state index contributed by atoms with van der Waals surface area (Å²) in [7, 11) is 0. The van der Waals surface area contributed by atoms with E-state index in [4.69, 9.17) is 0 Å². The fourth-order valence-electron chi connectivity index (χ4n) is 1.98. The van der Waals surface area contributed by atoms with Gasteiger partial charge in [0.15, 0.2) is 0 Å². The Morgan fingerprint density at radius 3 is 2.28 bits per heavy atom. The first-order valence-corrected chi connectivity index (χ1v) is 8.18. The first-order chi connectivity index (χ1) is 8.83. The van der Waals surface area contributed by atoms with Crippen molar-refractivity contribution in [1.82, 2.24) is 0 Å². The Labute approximate surface area is 118 Å². The summed E-state index contributed by atoms with van der Waals surface area (Å²) in [6.45, 7) is 2.14. The number of aryl methyl sites for hydroxylation is 1. The molecule has 0 amide bonds. The Morgan fingerprint density at radius 2 is 1.44 bits per heavy atom. The third-order valence-corrected chi connectivity index (χ3v) is 5.82. The molecule has 0 radical (unpaired) electrons. The van der Waals surface area contributed by atoms with Crippen molar-refractivity contribution in [2.75, 3.05) is 0 Å².